The highest BCUT2D eigenvalue weighted by Gasteiger charge is 2.18. The number of fused-ring (bicyclic) bond motifs is 2. The maximum Gasteiger partial charge on any atom is 0.378 e. The third-order valence-electron chi connectivity index (χ3n) is 4.38. The number of hydrogen-bond acceptors (Lipinski definition) is 8. The molecule has 0 aliphatic heterocycles. The first-order valence-electron chi connectivity index (χ1n) is 8.47. The van der Waals surface area contributed by atoms with E-state index in [2.05, 4.69) is 15.1 Å². The van der Waals surface area contributed by atoms with E-state index in [4.69, 9.17) is 9.15 Å². The zero-order chi connectivity index (χ0) is 20.0. The van der Waals surface area contributed by atoms with Crippen molar-refractivity contribution in [3.8, 4) is 5.75 Å². The molecule has 1 N–H and O–H groups in total. The Balaban J connectivity index is 1.65. The molecule has 0 amide bonds. The highest BCUT2D eigenvalue weighted by atomic mass is 16.5. The van der Waals surface area contributed by atoms with Crippen LogP contribution in [0.2, 0.25) is 0 Å². The lowest BCUT2D eigenvalue weighted by molar-refractivity contribution is 0.0459. The lowest BCUT2D eigenvalue weighted by Crippen LogP contribution is -2.10. The molecule has 142 valence electrons. The van der Waals surface area contributed by atoms with Crippen molar-refractivity contribution in [1.29, 1.82) is 0 Å². The average molecular weight is 380 g/mol. The number of ether oxygens (including phenoxy) is 1. The fourth-order valence-electron chi connectivity index (χ4n) is 3.00. The Morgan fingerprint density at radius 1 is 1.21 bits per heavy atom. The number of aryl methyl sites for hydroxylation is 3. The minimum atomic E-state index is -0.737. The number of carbonyl (C=O) groups excluding carboxylic acids is 1. The van der Waals surface area contributed by atoms with E-state index >= 15 is 0 Å². The van der Waals surface area contributed by atoms with E-state index in [0.29, 0.717) is 22.3 Å². The van der Waals surface area contributed by atoms with E-state index < -0.39 is 11.6 Å². The first kappa shape index (κ1) is 17.7. The zero-order valence-corrected chi connectivity index (χ0v) is 15.4. The van der Waals surface area contributed by atoms with E-state index in [1.807, 2.05) is 19.9 Å². The molecule has 0 radical (unpaired) electrons. The molecule has 0 aliphatic rings. The predicted octanol–water partition coefficient (Wildman–Crippen LogP) is 2.22. The molecule has 9 nitrogen and oxygen atoms in total. The van der Waals surface area contributed by atoms with Gasteiger partial charge in [0, 0.05) is 34.0 Å². The molecular weight excluding hydrogens is 364 g/mol. The molecule has 28 heavy (non-hydrogen) atoms. The van der Waals surface area contributed by atoms with Gasteiger partial charge < -0.3 is 14.3 Å². The van der Waals surface area contributed by atoms with Crippen LogP contribution < -0.4 is 5.63 Å². The third-order valence-corrected chi connectivity index (χ3v) is 4.38. The summed E-state index contributed by atoms with van der Waals surface area (Å²) in [6.45, 7) is 5.12. The summed E-state index contributed by atoms with van der Waals surface area (Å²) in [4.78, 5) is 32.6. The molecule has 9 heteroatoms. The largest absolute Gasteiger partial charge is 0.508 e. The summed E-state index contributed by atoms with van der Waals surface area (Å²) in [5, 5.41) is 14.5. The highest BCUT2D eigenvalue weighted by molar-refractivity contribution is 5.87. The van der Waals surface area contributed by atoms with Crippen molar-refractivity contribution in [3.05, 3.63) is 63.0 Å². The molecule has 3 aromatic heterocycles. The molecule has 1 aromatic carbocycles. The molecule has 0 fully saturated rings. The van der Waals surface area contributed by atoms with Crippen LogP contribution >= 0.6 is 0 Å². The molecule has 4 rings (SSSR count). The van der Waals surface area contributed by atoms with Crippen molar-refractivity contribution in [2.45, 2.75) is 27.4 Å². The molecule has 0 aliphatic carbocycles. The number of phenolic OH excluding ortho intramolecular Hbond substituents is 1. The number of hydrogen-bond donors (Lipinski definition) is 1. The summed E-state index contributed by atoms with van der Waals surface area (Å²) in [5.41, 5.74) is 2.08. The monoisotopic (exact) mass is 380 g/mol. The Hall–Kier alpha value is -3.75. The average Bonchev–Trinajstić information content (AvgIpc) is 3.07. The Morgan fingerprint density at radius 2 is 2.00 bits per heavy atom. The van der Waals surface area contributed by atoms with E-state index in [1.54, 1.807) is 13.0 Å². The minimum Gasteiger partial charge on any atom is -0.508 e. The smallest absolute Gasteiger partial charge is 0.378 e. The third kappa shape index (κ3) is 2.96. The minimum absolute atomic E-state index is 0.0110. The predicted molar refractivity (Wildman–Crippen MR) is 98.3 cm³/mol. The van der Waals surface area contributed by atoms with Gasteiger partial charge in [0.2, 0.25) is 0 Å². The van der Waals surface area contributed by atoms with Crippen molar-refractivity contribution in [2.24, 2.45) is 0 Å². The van der Waals surface area contributed by atoms with E-state index in [9.17, 15) is 14.7 Å². The van der Waals surface area contributed by atoms with Crippen LogP contribution in [-0.4, -0.2) is 30.7 Å². The zero-order valence-electron chi connectivity index (χ0n) is 15.4. The summed E-state index contributed by atoms with van der Waals surface area (Å²) in [6.07, 6.45) is 0. The number of benzene rings is 1. The molecule has 0 spiro atoms. The van der Waals surface area contributed by atoms with Gasteiger partial charge in [0.1, 0.15) is 17.9 Å². The van der Waals surface area contributed by atoms with Crippen LogP contribution in [0, 0.1) is 20.8 Å². The topological polar surface area (TPSA) is 120 Å². The molecule has 4 aromatic rings. The van der Waals surface area contributed by atoms with Crippen LogP contribution in [0.5, 0.6) is 5.75 Å². The quantitative estimate of drug-likeness (QED) is 0.424. The van der Waals surface area contributed by atoms with Gasteiger partial charge >= 0.3 is 11.6 Å². The number of aromatic nitrogens is 4. The normalized spacial score (nSPS) is 11.2. The van der Waals surface area contributed by atoms with Crippen molar-refractivity contribution in [1.82, 2.24) is 19.6 Å². The van der Waals surface area contributed by atoms with Gasteiger partial charge in [-0.2, -0.15) is 4.98 Å². The first-order valence-corrected chi connectivity index (χ1v) is 8.47. The second kappa shape index (κ2) is 6.45. The summed E-state index contributed by atoms with van der Waals surface area (Å²) < 4.78 is 11.9. The molecule has 0 bridgehead atoms. The lowest BCUT2D eigenvalue weighted by Gasteiger charge is -2.08. The molecule has 3 heterocycles. The van der Waals surface area contributed by atoms with Gasteiger partial charge in [0.15, 0.2) is 0 Å². The highest BCUT2D eigenvalue weighted by Crippen LogP contribution is 2.27. The van der Waals surface area contributed by atoms with Gasteiger partial charge in [-0.05, 0) is 39.0 Å². The summed E-state index contributed by atoms with van der Waals surface area (Å²) in [5.74, 6) is -0.542. The summed E-state index contributed by atoms with van der Waals surface area (Å²) in [6, 6.07) is 6.16. The molecule has 0 atom stereocenters. The Bertz CT molecular complexity index is 1310. The number of phenols is 1. The van der Waals surface area contributed by atoms with Gasteiger partial charge in [-0.25, -0.2) is 19.1 Å². The Labute approximate surface area is 158 Å². The number of rotatable bonds is 3. The van der Waals surface area contributed by atoms with Gasteiger partial charge in [-0.3, -0.25) is 0 Å². The van der Waals surface area contributed by atoms with Crippen molar-refractivity contribution in [2.75, 3.05) is 0 Å². The molecule has 0 saturated heterocycles. The van der Waals surface area contributed by atoms with Gasteiger partial charge in [0.05, 0.1) is 0 Å². The van der Waals surface area contributed by atoms with Crippen LogP contribution in [0.15, 0.2) is 33.5 Å². The maximum absolute atomic E-state index is 12.4. The molecular formula is C19H16N4O5. The van der Waals surface area contributed by atoms with Crippen molar-refractivity contribution in [3.63, 3.8) is 0 Å². The Morgan fingerprint density at radius 3 is 2.79 bits per heavy atom. The van der Waals surface area contributed by atoms with Crippen molar-refractivity contribution < 1.29 is 19.1 Å². The molecule has 0 unspecified atom stereocenters. The van der Waals surface area contributed by atoms with E-state index in [1.165, 1.54) is 16.6 Å². The second-order valence-corrected chi connectivity index (χ2v) is 6.44. The van der Waals surface area contributed by atoms with Crippen LogP contribution in [0.3, 0.4) is 0 Å². The van der Waals surface area contributed by atoms with Crippen molar-refractivity contribution >= 4 is 22.7 Å². The summed E-state index contributed by atoms with van der Waals surface area (Å²) in [7, 11) is 0. The second-order valence-electron chi connectivity index (χ2n) is 6.44. The Kier molecular flexibility index (Phi) is 4.07. The number of carbonyl (C=O) groups is 1. The van der Waals surface area contributed by atoms with E-state index in [0.717, 1.165) is 11.4 Å². The number of esters is 1. The first-order chi connectivity index (χ1) is 13.3. The number of aromatic hydroxyl groups is 1. The fourth-order valence-corrected chi connectivity index (χ4v) is 3.00. The van der Waals surface area contributed by atoms with E-state index in [-0.39, 0.29) is 23.8 Å². The van der Waals surface area contributed by atoms with Crippen LogP contribution in [-0.2, 0) is 11.3 Å². The molecule has 0 saturated carbocycles. The lowest BCUT2D eigenvalue weighted by atomic mass is 10.1. The number of nitrogens with zero attached hydrogens (tertiary/aromatic N) is 4. The van der Waals surface area contributed by atoms with Gasteiger partial charge in [-0.1, -0.05) is 0 Å². The fraction of sp³-hybridized carbons (Fsp3) is 0.211. The SMILES string of the molecule is Cc1cc(C)n2nc(C(=O)OCc3cc(=O)oc4c(C)c(O)ccc34)nc2n1. The van der Waals surface area contributed by atoms with Crippen LogP contribution in [0.25, 0.3) is 16.7 Å². The summed E-state index contributed by atoms with van der Waals surface area (Å²) >= 11 is 0. The maximum atomic E-state index is 12.4. The van der Waals surface area contributed by atoms with Crippen LogP contribution in [0.4, 0.5) is 0 Å². The van der Waals surface area contributed by atoms with Crippen LogP contribution in [0.1, 0.15) is 33.1 Å². The van der Waals surface area contributed by atoms with Gasteiger partial charge in [0.25, 0.3) is 11.6 Å². The van der Waals surface area contributed by atoms with Gasteiger partial charge in [-0.15, -0.1) is 5.10 Å². The standard InChI is InChI=1S/C19H16N4O5/c1-9-6-10(2)23-19(20-9)21-17(22-23)18(26)27-8-12-7-15(25)28-16-11(3)14(24)5-4-13(12)16/h4-7,24H,8H2,1-3H3.